The number of pyridine rings is 1. The molecule has 122 valence electrons. The van der Waals surface area contributed by atoms with Crippen LogP contribution in [0.5, 0.6) is 0 Å². The van der Waals surface area contributed by atoms with Gasteiger partial charge in [-0.3, -0.25) is 9.59 Å². The summed E-state index contributed by atoms with van der Waals surface area (Å²) < 4.78 is 14.6. The van der Waals surface area contributed by atoms with Crippen molar-refractivity contribution in [1.29, 1.82) is 0 Å². The molecule has 24 heavy (non-hydrogen) atoms. The number of fused-ring (bicyclic) bond motifs is 1. The van der Waals surface area contributed by atoms with E-state index >= 15 is 0 Å². The van der Waals surface area contributed by atoms with E-state index in [2.05, 4.69) is 0 Å². The first kappa shape index (κ1) is 15.9. The molecule has 0 saturated heterocycles. The predicted molar refractivity (Wildman–Crippen MR) is 89.8 cm³/mol. The van der Waals surface area contributed by atoms with Gasteiger partial charge in [0.1, 0.15) is 12.4 Å². The van der Waals surface area contributed by atoms with Gasteiger partial charge in [-0.05, 0) is 36.8 Å². The second-order valence-electron chi connectivity index (χ2n) is 5.83. The molecule has 0 aliphatic rings. The zero-order valence-electron chi connectivity index (χ0n) is 13.1. The van der Waals surface area contributed by atoms with E-state index in [-0.39, 0.29) is 17.8 Å². The van der Waals surface area contributed by atoms with Crippen LogP contribution >= 0.6 is 0 Å². The van der Waals surface area contributed by atoms with Crippen molar-refractivity contribution in [3.05, 3.63) is 81.4 Å². The SMILES string of the molecule is Cc1ccc2c(c1)c(=O)c(Cc1ccc(F)cc1)cn2CC(=O)O. The summed E-state index contributed by atoms with van der Waals surface area (Å²) in [5.74, 6) is -1.32. The molecule has 0 radical (unpaired) electrons. The first-order chi connectivity index (χ1) is 11.4. The molecule has 0 saturated carbocycles. The van der Waals surface area contributed by atoms with Crippen molar-refractivity contribution in [3.8, 4) is 0 Å². The van der Waals surface area contributed by atoms with Gasteiger partial charge in [0.25, 0.3) is 0 Å². The maximum Gasteiger partial charge on any atom is 0.323 e. The molecule has 2 aromatic carbocycles. The minimum Gasteiger partial charge on any atom is -0.480 e. The van der Waals surface area contributed by atoms with Gasteiger partial charge < -0.3 is 9.67 Å². The quantitative estimate of drug-likeness (QED) is 0.802. The molecule has 5 heteroatoms. The summed E-state index contributed by atoms with van der Waals surface area (Å²) in [6, 6.07) is 11.3. The first-order valence-electron chi connectivity index (χ1n) is 7.53. The van der Waals surface area contributed by atoms with Crippen LogP contribution < -0.4 is 5.43 Å². The Morgan fingerprint density at radius 3 is 2.54 bits per heavy atom. The lowest BCUT2D eigenvalue weighted by Crippen LogP contribution is -2.18. The number of halogens is 1. The highest BCUT2D eigenvalue weighted by Crippen LogP contribution is 2.16. The number of hydrogen-bond acceptors (Lipinski definition) is 2. The molecule has 3 rings (SSSR count). The van der Waals surface area contributed by atoms with Crippen molar-refractivity contribution in [2.24, 2.45) is 0 Å². The smallest absolute Gasteiger partial charge is 0.323 e. The lowest BCUT2D eigenvalue weighted by Gasteiger charge is -2.12. The Bertz CT molecular complexity index is 974. The first-order valence-corrected chi connectivity index (χ1v) is 7.53. The number of rotatable bonds is 4. The second kappa shape index (κ2) is 6.28. The summed E-state index contributed by atoms with van der Waals surface area (Å²) in [6.45, 7) is 1.66. The Balaban J connectivity index is 2.16. The van der Waals surface area contributed by atoms with Crippen molar-refractivity contribution >= 4 is 16.9 Å². The van der Waals surface area contributed by atoms with Gasteiger partial charge in [-0.15, -0.1) is 0 Å². The van der Waals surface area contributed by atoms with Crippen molar-refractivity contribution in [2.45, 2.75) is 19.9 Å². The van der Waals surface area contributed by atoms with E-state index in [0.29, 0.717) is 22.9 Å². The summed E-state index contributed by atoms with van der Waals surface area (Å²) >= 11 is 0. The lowest BCUT2D eigenvalue weighted by molar-refractivity contribution is -0.137. The van der Waals surface area contributed by atoms with E-state index in [1.807, 2.05) is 13.0 Å². The number of aliphatic carboxylic acids is 1. The standard InChI is InChI=1S/C19H16FNO3/c1-12-2-7-17-16(8-12)19(24)14(10-21(17)11-18(22)23)9-13-3-5-15(20)6-4-13/h2-8,10H,9,11H2,1H3,(H,22,23). The van der Waals surface area contributed by atoms with Crippen LogP contribution in [-0.4, -0.2) is 15.6 Å². The van der Waals surface area contributed by atoms with Crippen LogP contribution in [0.25, 0.3) is 10.9 Å². The molecule has 1 heterocycles. The normalized spacial score (nSPS) is 10.9. The van der Waals surface area contributed by atoms with Crippen LogP contribution in [0.3, 0.4) is 0 Å². The third kappa shape index (κ3) is 3.20. The molecule has 0 amide bonds. The zero-order chi connectivity index (χ0) is 17.3. The van der Waals surface area contributed by atoms with Crippen LogP contribution in [0.15, 0.2) is 53.5 Å². The Kier molecular flexibility index (Phi) is 4.16. The fraction of sp³-hybridized carbons (Fsp3) is 0.158. The van der Waals surface area contributed by atoms with E-state index in [0.717, 1.165) is 11.1 Å². The van der Waals surface area contributed by atoms with E-state index in [4.69, 9.17) is 5.11 Å². The molecular formula is C19H16FNO3. The number of aromatic nitrogens is 1. The molecule has 3 aromatic rings. The summed E-state index contributed by atoms with van der Waals surface area (Å²) in [6.07, 6.45) is 1.90. The van der Waals surface area contributed by atoms with Gasteiger partial charge in [0.05, 0.1) is 5.52 Å². The highest BCUT2D eigenvalue weighted by Gasteiger charge is 2.12. The Morgan fingerprint density at radius 2 is 1.88 bits per heavy atom. The molecule has 0 spiro atoms. The summed E-state index contributed by atoms with van der Waals surface area (Å²) in [7, 11) is 0. The highest BCUT2D eigenvalue weighted by molar-refractivity contribution is 5.82. The van der Waals surface area contributed by atoms with E-state index in [1.54, 1.807) is 35.0 Å². The maximum absolute atomic E-state index is 13.0. The van der Waals surface area contributed by atoms with Gasteiger partial charge in [-0.1, -0.05) is 23.8 Å². The number of carboxylic acids is 1. The summed E-state index contributed by atoms with van der Waals surface area (Å²) in [5.41, 5.74) is 2.68. The minimum absolute atomic E-state index is 0.125. The number of carboxylic acid groups (broad SMARTS) is 1. The highest BCUT2D eigenvalue weighted by atomic mass is 19.1. The molecule has 0 unspecified atom stereocenters. The van der Waals surface area contributed by atoms with Crippen molar-refractivity contribution in [3.63, 3.8) is 0 Å². The number of benzene rings is 2. The Hall–Kier alpha value is -2.95. The molecule has 4 nitrogen and oxygen atoms in total. The number of hydrogen-bond donors (Lipinski definition) is 1. The molecule has 1 aromatic heterocycles. The van der Waals surface area contributed by atoms with E-state index < -0.39 is 5.97 Å². The molecule has 0 bridgehead atoms. The lowest BCUT2D eigenvalue weighted by atomic mass is 10.0. The maximum atomic E-state index is 13.0. The van der Waals surface area contributed by atoms with E-state index in [9.17, 15) is 14.0 Å². The molecular weight excluding hydrogens is 309 g/mol. The molecule has 0 atom stereocenters. The number of aryl methyl sites for hydroxylation is 1. The van der Waals surface area contributed by atoms with Gasteiger partial charge in [0.15, 0.2) is 5.43 Å². The van der Waals surface area contributed by atoms with Gasteiger partial charge in [-0.2, -0.15) is 0 Å². The topological polar surface area (TPSA) is 59.3 Å². The van der Waals surface area contributed by atoms with E-state index in [1.165, 1.54) is 12.1 Å². The van der Waals surface area contributed by atoms with Gasteiger partial charge in [0, 0.05) is 23.6 Å². The van der Waals surface area contributed by atoms with Gasteiger partial charge >= 0.3 is 5.97 Å². The monoisotopic (exact) mass is 325 g/mol. The Labute approximate surface area is 137 Å². The summed E-state index contributed by atoms with van der Waals surface area (Å²) in [5, 5.41) is 9.62. The predicted octanol–water partition coefficient (Wildman–Crippen LogP) is 3.12. The van der Waals surface area contributed by atoms with Gasteiger partial charge in [0.2, 0.25) is 0 Å². The fourth-order valence-electron chi connectivity index (χ4n) is 2.80. The van der Waals surface area contributed by atoms with Crippen molar-refractivity contribution < 1.29 is 14.3 Å². The van der Waals surface area contributed by atoms with Crippen molar-refractivity contribution in [1.82, 2.24) is 4.57 Å². The minimum atomic E-state index is -0.978. The third-order valence-corrected chi connectivity index (χ3v) is 3.92. The number of nitrogens with zero attached hydrogens (tertiary/aromatic N) is 1. The number of carbonyl (C=O) groups is 1. The van der Waals surface area contributed by atoms with Crippen LogP contribution in [0.4, 0.5) is 4.39 Å². The fourth-order valence-corrected chi connectivity index (χ4v) is 2.80. The average molecular weight is 325 g/mol. The largest absolute Gasteiger partial charge is 0.480 e. The van der Waals surface area contributed by atoms with Gasteiger partial charge in [-0.25, -0.2) is 4.39 Å². The average Bonchev–Trinajstić information content (AvgIpc) is 2.53. The van der Waals surface area contributed by atoms with Crippen LogP contribution in [0, 0.1) is 12.7 Å². The van der Waals surface area contributed by atoms with Crippen molar-refractivity contribution in [2.75, 3.05) is 0 Å². The molecule has 0 fully saturated rings. The molecule has 0 aliphatic heterocycles. The molecule has 1 N–H and O–H groups in total. The zero-order valence-corrected chi connectivity index (χ0v) is 13.1. The van der Waals surface area contributed by atoms with Crippen LogP contribution in [0.2, 0.25) is 0 Å². The Morgan fingerprint density at radius 1 is 1.17 bits per heavy atom. The molecule has 0 aliphatic carbocycles. The third-order valence-electron chi connectivity index (χ3n) is 3.92. The summed E-state index contributed by atoms with van der Waals surface area (Å²) in [4.78, 5) is 23.9. The second-order valence-corrected chi connectivity index (χ2v) is 5.83. The van der Waals surface area contributed by atoms with Crippen LogP contribution in [0.1, 0.15) is 16.7 Å². The van der Waals surface area contributed by atoms with Crippen LogP contribution in [-0.2, 0) is 17.8 Å².